The largest absolute Gasteiger partial charge is 0.493 e. The minimum atomic E-state index is 0.307. The molecular weight excluding hydrogens is 324 g/mol. The summed E-state index contributed by atoms with van der Waals surface area (Å²) in [7, 11) is 3.30. The number of hydrogen-bond acceptors (Lipinski definition) is 5. The van der Waals surface area contributed by atoms with E-state index >= 15 is 0 Å². The van der Waals surface area contributed by atoms with Gasteiger partial charge < -0.3 is 19.4 Å². The molecule has 0 spiro atoms. The Morgan fingerprint density at radius 1 is 1.12 bits per heavy atom. The van der Waals surface area contributed by atoms with Crippen molar-refractivity contribution in [1.82, 2.24) is 4.57 Å². The maximum Gasteiger partial charge on any atom is 0.211 e. The minimum absolute atomic E-state index is 0.307. The first-order valence-corrected chi connectivity index (χ1v) is 7.73. The van der Waals surface area contributed by atoms with Crippen molar-refractivity contribution in [1.29, 1.82) is 0 Å². The lowest BCUT2D eigenvalue weighted by molar-refractivity contribution is -0.105. The van der Waals surface area contributed by atoms with Crippen molar-refractivity contribution in [2.45, 2.75) is 12.8 Å². The number of amides is 1. The van der Waals surface area contributed by atoms with Gasteiger partial charge in [0.2, 0.25) is 6.41 Å². The van der Waals surface area contributed by atoms with Crippen molar-refractivity contribution in [2.24, 2.45) is 7.05 Å². The molecule has 0 aliphatic rings. The van der Waals surface area contributed by atoms with Gasteiger partial charge in [0.15, 0.2) is 24.1 Å². The van der Waals surface area contributed by atoms with Crippen LogP contribution in [0, 0.1) is 0 Å². The number of methoxy groups -OCH3 is 1. The third-order valence-electron chi connectivity index (χ3n) is 3.77. The number of anilines is 1. The molecule has 0 fully saturated rings. The normalized spacial score (nSPS) is 10.2. The van der Waals surface area contributed by atoms with E-state index < -0.39 is 0 Å². The van der Waals surface area contributed by atoms with Crippen molar-refractivity contribution in [3.05, 3.63) is 41.2 Å². The van der Waals surface area contributed by atoms with Crippen LogP contribution in [0.25, 0.3) is 0 Å². The summed E-state index contributed by atoms with van der Waals surface area (Å²) >= 11 is 0. The van der Waals surface area contributed by atoms with Crippen LogP contribution in [0.4, 0.5) is 5.69 Å². The van der Waals surface area contributed by atoms with Gasteiger partial charge in [-0.25, -0.2) is 0 Å². The first-order chi connectivity index (χ1) is 12.1. The van der Waals surface area contributed by atoms with Crippen LogP contribution in [-0.4, -0.2) is 37.3 Å². The SMILES string of the molecule is COc1cc(C=O)c(NC=O)cc1OCCCc1cc(C=O)n(C)c1. The Hall–Kier alpha value is -3.09. The highest BCUT2D eigenvalue weighted by molar-refractivity contribution is 5.90. The highest BCUT2D eigenvalue weighted by Crippen LogP contribution is 2.33. The average Bonchev–Trinajstić information content (AvgIpc) is 2.98. The zero-order valence-electron chi connectivity index (χ0n) is 14.2. The summed E-state index contributed by atoms with van der Waals surface area (Å²) in [6.07, 6.45) is 5.36. The van der Waals surface area contributed by atoms with E-state index in [4.69, 9.17) is 9.47 Å². The summed E-state index contributed by atoms with van der Waals surface area (Å²) in [5.41, 5.74) is 2.35. The van der Waals surface area contributed by atoms with Gasteiger partial charge in [0.25, 0.3) is 0 Å². The van der Waals surface area contributed by atoms with Gasteiger partial charge in [-0.05, 0) is 30.5 Å². The monoisotopic (exact) mass is 344 g/mol. The second-order valence-electron chi connectivity index (χ2n) is 5.42. The summed E-state index contributed by atoms with van der Waals surface area (Å²) in [5.74, 6) is 0.862. The molecular formula is C18H20N2O5. The second-order valence-corrected chi connectivity index (χ2v) is 5.42. The molecule has 0 saturated carbocycles. The van der Waals surface area contributed by atoms with Crippen LogP contribution < -0.4 is 14.8 Å². The first-order valence-electron chi connectivity index (χ1n) is 7.73. The number of aryl methyl sites for hydroxylation is 2. The van der Waals surface area contributed by atoms with E-state index in [0.717, 1.165) is 24.7 Å². The molecule has 0 aliphatic carbocycles. The summed E-state index contributed by atoms with van der Waals surface area (Å²) in [5, 5.41) is 2.47. The highest BCUT2D eigenvalue weighted by atomic mass is 16.5. The molecule has 1 N–H and O–H groups in total. The van der Waals surface area contributed by atoms with Crippen molar-refractivity contribution in [3.63, 3.8) is 0 Å². The Kier molecular flexibility index (Phi) is 6.33. The number of benzene rings is 1. The molecule has 1 aromatic heterocycles. The second kappa shape index (κ2) is 8.68. The predicted molar refractivity (Wildman–Crippen MR) is 92.7 cm³/mol. The molecule has 2 aromatic rings. The number of aromatic nitrogens is 1. The summed E-state index contributed by atoms with van der Waals surface area (Å²) in [6.45, 7) is 0.419. The van der Waals surface area contributed by atoms with Gasteiger partial charge in [-0.1, -0.05) is 0 Å². The van der Waals surface area contributed by atoms with Gasteiger partial charge in [-0.2, -0.15) is 0 Å². The van der Waals surface area contributed by atoms with E-state index in [1.54, 1.807) is 10.6 Å². The van der Waals surface area contributed by atoms with Crippen molar-refractivity contribution < 1.29 is 23.9 Å². The number of carbonyl (C=O) groups excluding carboxylic acids is 3. The van der Waals surface area contributed by atoms with Crippen LogP contribution in [0.15, 0.2) is 24.4 Å². The lowest BCUT2D eigenvalue weighted by atomic mass is 10.1. The first kappa shape index (κ1) is 18.3. The zero-order valence-corrected chi connectivity index (χ0v) is 14.2. The molecule has 0 saturated heterocycles. The van der Waals surface area contributed by atoms with Crippen LogP contribution >= 0.6 is 0 Å². The quantitative estimate of drug-likeness (QED) is 0.528. The van der Waals surface area contributed by atoms with Crippen LogP contribution in [0.5, 0.6) is 11.5 Å². The molecule has 1 heterocycles. The Morgan fingerprint density at radius 3 is 2.52 bits per heavy atom. The molecule has 7 nitrogen and oxygen atoms in total. The Balaban J connectivity index is 2.01. The van der Waals surface area contributed by atoms with Crippen LogP contribution in [0.2, 0.25) is 0 Å². The number of ether oxygens (including phenoxy) is 2. The number of carbonyl (C=O) groups is 3. The molecule has 2 rings (SSSR count). The van der Waals surface area contributed by atoms with Crippen LogP contribution in [-0.2, 0) is 18.3 Å². The van der Waals surface area contributed by atoms with Crippen LogP contribution in [0.3, 0.4) is 0 Å². The van der Waals surface area contributed by atoms with Crippen LogP contribution in [0.1, 0.15) is 32.8 Å². The molecule has 0 unspecified atom stereocenters. The van der Waals surface area contributed by atoms with E-state index in [9.17, 15) is 14.4 Å². The zero-order chi connectivity index (χ0) is 18.2. The summed E-state index contributed by atoms with van der Waals surface area (Å²) < 4.78 is 12.7. The van der Waals surface area contributed by atoms with Gasteiger partial charge in [-0.15, -0.1) is 0 Å². The van der Waals surface area contributed by atoms with Crippen molar-refractivity contribution in [3.8, 4) is 11.5 Å². The molecule has 0 bridgehead atoms. The lowest BCUT2D eigenvalue weighted by Crippen LogP contribution is -2.04. The third-order valence-corrected chi connectivity index (χ3v) is 3.77. The van der Waals surface area contributed by atoms with Crippen molar-refractivity contribution in [2.75, 3.05) is 19.0 Å². The topological polar surface area (TPSA) is 86.6 Å². The summed E-state index contributed by atoms with van der Waals surface area (Å²) in [6, 6.07) is 4.92. The van der Waals surface area contributed by atoms with E-state index in [1.165, 1.54) is 13.2 Å². The van der Waals surface area contributed by atoms with Gasteiger partial charge in [0, 0.05) is 24.9 Å². The van der Waals surface area contributed by atoms with Gasteiger partial charge in [0.05, 0.1) is 25.1 Å². The van der Waals surface area contributed by atoms with E-state index in [0.29, 0.717) is 47.7 Å². The molecule has 132 valence electrons. The molecule has 1 amide bonds. The number of rotatable bonds is 10. The maximum absolute atomic E-state index is 11.1. The number of hydrogen-bond donors (Lipinski definition) is 1. The number of nitrogens with one attached hydrogen (secondary N) is 1. The van der Waals surface area contributed by atoms with E-state index in [2.05, 4.69) is 5.32 Å². The number of nitrogens with zero attached hydrogens (tertiary/aromatic N) is 1. The minimum Gasteiger partial charge on any atom is -0.493 e. The Bertz CT molecular complexity index is 767. The average molecular weight is 344 g/mol. The molecule has 25 heavy (non-hydrogen) atoms. The van der Waals surface area contributed by atoms with Gasteiger partial charge >= 0.3 is 0 Å². The fourth-order valence-corrected chi connectivity index (χ4v) is 2.50. The highest BCUT2D eigenvalue weighted by Gasteiger charge is 2.11. The molecule has 7 heteroatoms. The fourth-order valence-electron chi connectivity index (χ4n) is 2.50. The summed E-state index contributed by atoms with van der Waals surface area (Å²) in [4.78, 5) is 32.6. The van der Waals surface area contributed by atoms with Crippen molar-refractivity contribution >= 4 is 24.7 Å². The molecule has 0 aliphatic heterocycles. The third kappa shape index (κ3) is 4.47. The number of aldehydes is 2. The fraction of sp³-hybridized carbons (Fsp3) is 0.278. The van der Waals surface area contributed by atoms with E-state index in [-0.39, 0.29) is 0 Å². The van der Waals surface area contributed by atoms with Gasteiger partial charge in [-0.3, -0.25) is 14.4 Å². The smallest absolute Gasteiger partial charge is 0.211 e. The Labute approximate surface area is 145 Å². The lowest BCUT2D eigenvalue weighted by Gasteiger charge is -2.13. The molecule has 1 aromatic carbocycles. The predicted octanol–water partition coefficient (Wildman–Crippen LogP) is 2.24. The molecule has 0 radical (unpaired) electrons. The van der Waals surface area contributed by atoms with Gasteiger partial charge in [0.1, 0.15) is 0 Å². The van der Waals surface area contributed by atoms with E-state index in [1.807, 2.05) is 19.3 Å². The standard InChI is InChI=1S/C18H20N2O5/c1-20-9-13(6-15(20)11-22)4-3-5-25-18-8-16(19-12-23)14(10-21)7-17(18)24-2/h6-12H,3-5H2,1-2H3,(H,19,23). The molecule has 0 atom stereocenters. The Morgan fingerprint density at radius 2 is 1.92 bits per heavy atom. The maximum atomic E-state index is 11.1.